The number of carboxylic acids is 1. The summed E-state index contributed by atoms with van der Waals surface area (Å²) in [6, 6.07) is 7.25. The van der Waals surface area contributed by atoms with Gasteiger partial charge in [0.05, 0.1) is 18.3 Å². The molecule has 7 rings (SSSR count). The number of alkyl halides is 3. The molecule has 3 aromatic rings. The molecule has 4 fully saturated rings. The summed E-state index contributed by atoms with van der Waals surface area (Å²) in [5.74, 6) is 0.515. The number of aromatic nitrogens is 3. The highest BCUT2D eigenvalue weighted by atomic mass is 19.4. The molecular formula is C29H29F3N4O4. The summed E-state index contributed by atoms with van der Waals surface area (Å²) in [4.78, 5) is 23.1. The van der Waals surface area contributed by atoms with E-state index in [1.54, 1.807) is 12.1 Å². The number of benzene rings is 1. The van der Waals surface area contributed by atoms with Gasteiger partial charge in [-0.1, -0.05) is 23.4 Å². The molecule has 2 aromatic heterocycles. The Hall–Kier alpha value is -3.47. The van der Waals surface area contributed by atoms with Gasteiger partial charge in [0.15, 0.2) is 5.69 Å². The van der Waals surface area contributed by atoms with Crippen LogP contribution in [0.25, 0.3) is 11.3 Å². The van der Waals surface area contributed by atoms with E-state index in [1.165, 1.54) is 12.1 Å². The topological polar surface area (TPSA) is 102 Å². The minimum atomic E-state index is -4.52. The van der Waals surface area contributed by atoms with Crippen LogP contribution in [0.2, 0.25) is 0 Å². The van der Waals surface area contributed by atoms with Crippen molar-refractivity contribution >= 4 is 11.9 Å². The van der Waals surface area contributed by atoms with Crippen LogP contribution in [0.5, 0.6) is 0 Å². The monoisotopic (exact) mass is 554 g/mol. The molecule has 0 radical (unpaired) electrons. The summed E-state index contributed by atoms with van der Waals surface area (Å²) in [5, 5.41) is 13.7. The average Bonchev–Trinajstić information content (AvgIpc) is 3.87. The van der Waals surface area contributed by atoms with Gasteiger partial charge in [0.25, 0.3) is 0 Å². The van der Waals surface area contributed by atoms with Crippen molar-refractivity contribution in [1.29, 1.82) is 0 Å². The molecule has 2 saturated heterocycles. The van der Waals surface area contributed by atoms with Crippen LogP contribution in [0.15, 0.2) is 34.9 Å². The van der Waals surface area contributed by atoms with Gasteiger partial charge in [-0.3, -0.25) is 0 Å². The van der Waals surface area contributed by atoms with E-state index in [0.717, 1.165) is 50.3 Å². The number of nitrogens with zero attached hydrogens (tertiary/aromatic N) is 4. The van der Waals surface area contributed by atoms with E-state index in [-0.39, 0.29) is 47.7 Å². The summed E-state index contributed by atoms with van der Waals surface area (Å²) in [6.45, 7) is 0.123. The van der Waals surface area contributed by atoms with E-state index in [0.29, 0.717) is 36.0 Å². The van der Waals surface area contributed by atoms with Gasteiger partial charge in [0, 0.05) is 40.7 Å². The molecule has 2 aliphatic carbocycles. The molecule has 4 aliphatic rings. The first-order valence-corrected chi connectivity index (χ1v) is 13.9. The van der Waals surface area contributed by atoms with Gasteiger partial charge < -0.3 is 19.3 Å². The molecule has 1 N–H and O–H groups in total. The van der Waals surface area contributed by atoms with Gasteiger partial charge >= 0.3 is 12.1 Å². The molecule has 4 heterocycles. The second-order valence-electron chi connectivity index (χ2n) is 11.4. The fourth-order valence-corrected chi connectivity index (χ4v) is 6.33. The lowest BCUT2D eigenvalue weighted by molar-refractivity contribution is -0.137. The van der Waals surface area contributed by atoms with Crippen LogP contribution in [-0.2, 0) is 17.5 Å². The van der Waals surface area contributed by atoms with Crippen LogP contribution >= 0.6 is 0 Å². The average molecular weight is 555 g/mol. The van der Waals surface area contributed by atoms with Crippen molar-refractivity contribution in [3.8, 4) is 11.3 Å². The Balaban J connectivity index is 1.11. The lowest BCUT2D eigenvalue weighted by Gasteiger charge is -2.39. The molecule has 210 valence electrons. The van der Waals surface area contributed by atoms with Crippen LogP contribution in [0.4, 0.5) is 19.1 Å². The lowest BCUT2D eigenvalue weighted by Crippen LogP contribution is -2.46. The highest BCUT2D eigenvalue weighted by Crippen LogP contribution is 2.47. The first-order chi connectivity index (χ1) is 19.3. The van der Waals surface area contributed by atoms with E-state index in [9.17, 15) is 23.1 Å². The molecule has 0 spiro atoms. The first-order valence-electron chi connectivity index (χ1n) is 13.9. The van der Waals surface area contributed by atoms with E-state index in [1.807, 2.05) is 0 Å². The minimum absolute atomic E-state index is 0.000988. The van der Waals surface area contributed by atoms with Crippen LogP contribution in [0.1, 0.15) is 96.3 Å². The molecule has 3 atom stereocenters. The number of rotatable bonds is 8. The minimum Gasteiger partial charge on any atom is -0.477 e. The summed E-state index contributed by atoms with van der Waals surface area (Å²) >= 11 is 0. The Kier molecular flexibility index (Phi) is 6.10. The third-order valence-corrected chi connectivity index (χ3v) is 8.59. The van der Waals surface area contributed by atoms with Gasteiger partial charge in [-0.15, -0.1) is 0 Å². The van der Waals surface area contributed by atoms with Crippen molar-refractivity contribution in [2.24, 2.45) is 0 Å². The number of hydrogen-bond acceptors (Lipinski definition) is 7. The van der Waals surface area contributed by atoms with Crippen molar-refractivity contribution in [1.82, 2.24) is 15.1 Å². The predicted molar refractivity (Wildman–Crippen MR) is 137 cm³/mol. The van der Waals surface area contributed by atoms with E-state index < -0.39 is 17.7 Å². The van der Waals surface area contributed by atoms with Crippen LogP contribution in [0, 0.1) is 0 Å². The maximum atomic E-state index is 13.8. The number of piperidine rings is 1. The Morgan fingerprint density at radius 2 is 1.73 bits per heavy atom. The van der Waals surface area contributed by atoms with Crippen LogP contribution < -0.4 is 4.90 Å². The molecular weight excluding hydrogens is 525 g/mol. The number of carboxylic acid groups (broad SMARTS) is 1. The summed E-state index contributed by atoms with van der Waals surface area (Å²) in [7, 11) is 0. The summed E-state index contributed by atoms with van der Waals surface area (Å²) < 4.78 is 53.4. The normalized spacial score (nSPS) is 24.5. The largest absolute Gasteiger partial charge is 0.477 e. The van der Waals surface area contributed by atoms with Crippen molar-refractivity contribution in [3.63, 3.8) is 0 Å². The van der Waals surface area contributed by atoms with Gasteiger partial charge in [0.1, 0.15) is 11.5 Å². The van der Waals surface area contributed by atoms with Gasteiger partial charge in [-0.05, 0) is 63.5 Å². The van der Waals surface area contributed by atoms with Crippen LogP contribution in [0.3, 0.4) is 0 Å². The number of fused-ring (bicyclic) bond motifs is 2. The molecule has 40 heavy (non-hydrogen) atoms. The zero-order valence-electron chi connectivity index (χ0n) is 21.7. The number of anilines is 1. The van der Waals surface area contributed by atoms with E-state index >= 15 is 0 Å². The van der Waals surface area contributed by atoms with E-state index in [2.05, 4.69) is 15.0 Å². The number of ether oxygens (including phenoxy) is 1. The molecule has 8 nitrogen and oxygen atoms in total. The lowest BCUT2D eigenvalue weighted by atomic mass is 9.98. The quantitative estimate of drug-likeness (QED) is 0.345. The number of hydrogen-bond donors (Lipinski definition) is 1. The van der Waals surface area contributed by atoms with Crippen molar-refractivity contribution in [2.75, 3.05) is 4.90 Å². The van der Waals surface area contributed by atoms with Crippen molar-refractivity contribution < 1.29 is 32.3 Å². The van der Waals surface area contributed by atoms with Crippen molar-refractivity contribution in [3.05, 3.63) is 58.6 Å². The third-order valence-electron chi connectivity index (χ3n) is 8.59. The van der Waals surface area contributed by atoms with Gasteiger partial charge in [0.2, 0.25) is 5.95 Å². The van der Waals surface area contributed by atoms with Crippen LogP contribution in [-0.4, -0.2) is 44.4 Å². The molecule has 1 aromatic carbocycles. The predicted octanol–water partition coefficient (Wildman–Crippen LogP) is 6.32. The number of carbonyl (C=O) groups is 1. The van der Waals surface area contributed by atoms with Gasteiger partial charge in [-0.2, -0.15) is 13.2 Å². The Bertz CT molecular complexity index is 1440. The standard InChI is InChI=1S/C29H29F3N4O4/c30-29(31,32)22-4-2-1-3-20(22)25-21(26(40-35-25)16-7-8-16)14-39-19-11-17-9-10-18(12-19)36(17)28-33-23(15-5-6-15)13-24(34-28)27(37)38/h1-4,13,15-19H,5-12,14H2,(H,37,38)/t17-,18+,19?. The number of halogens is 3. The molecule has 0 amide bonds. The molecule has 11 heteroatoms. The molecule has 2 saturated carbocycles. The molecule has 1 unspecified atom stereocenters. The molecule has 2 bridgehead atoms. The molecule has 2 aliphatic heterocycles. The Morgan fingerprint density at radius 1 is 1.02 bits per heavy atom. The highest BCUT2D eigenvalue weighted by Gasteiger charge is 2.44. The second-order valence-corrected chi connectivity index (χ2v) is 11.4. The van der Waals surface area contributed by atoms with Gasteiger partial charge in [-0.25, -0.2) is 14.8 Å². The smallest absolute Gasteiger partial charge is 0.417 e. The fourth-order valence-electron chi connectivity index (χ4n) is 6.33. The maximum absolute atomic E-state index is 13.8. The first kappa shape index (κ1) is 25.5. The SMILES string of the molecule is O=C(O)c1cc(C2CC2)nc(N2[C@@H]3CC[C@H]2CC(OCc2c(-c4ccccc4C(F)(F)F)noc2C2CC2)C3)n1. The van der Waals surface area contributed by atoms with Crippen molar-refractivity contribution in [2.45, 2.75) is 94.2 Å². The summed E-state index contributed by atoms with van der Waals surface area (Å²) in [6.07, 6.45) is 2.50. The summed E-state index contributed by atoms with van der Waals surface area (Å²) in [5.41, 5.74) is 0.874. The fraction of sp³-hybridized carbons (Fsp3) is 0.517. The zero-order valence-corrected chi connectivity index (χ0v) is 21.7. The maximum Gasteiger partial charge on any atom is 0.417 e. The zero-order chi connectivity index (χ0) is 27.6. The second kappa shape index (κ2) is 9.57. The third kappa shape index (κ3) is 4.74. The Labute approximate surface area is 228 Å². The van der Waals surface area contributed by atoms with E-state index in [4.69, 9.17) is 14.2 Å². The Morgan fingerprint density at radius 3 is 2.38 bits per heavy atom. The number of aromatic carboxylic acids is 1. The highest BCUT2D eigenvalue weighted by molar-refractivity contribution is 5.85.